The molecule has 2 aromatic rings. The summed E-state index contributed by atoms with van der Waals surface area (Å²) < 4.78 is 0. The minimum Gasteiger partial charge on any atom is -0.373 e. The molecular weight excluding hydrogens is 288 g/mol. The third kappa shape index (κ3) is 3.72. The van der Waals surface area contributed by atoms with Crippen molar-refractivity contribution in [2.24, 2.45) is 0 Å². The number of rotatable bonds is 1. The average molecular weight is 308 g/mol. The first-order valence-corrected chi connectivity index (χ1v) is 7.42. The molecule has 1 aliphatic rings. The molecular formula is C19H20N2O2. The van der Waals surface area contributed by atoms with Gasteiger partial charge in [-0.15, -0.1) is 0 Å². The van der Waals surface area contributed by atoms with E-state index in [9.17, 15) is 9.59 Å². The molecule has 0 atom stereocenters. The molecule has 1 aliphatic carbocycles. The van der Waals surface area contributed by atoms with Gasteiger partial charge in [-0.2, -0.15) is 0 Å². The van der Waals surface area contributed by atoms with Gasteiger partial charge in [-0.3, -0.25) is 9.59 Å². The highest BCUT2D eigenvalue weighted by Crippen LogP contribution is 2.17. The van der Waals surface area contributed by atoms with Gasteiger partial charge in [0.05, 0.1) is 5.52 Å². The lowest BCUT2D eigenvalue weighted by Gasteiger charge is -2.09. The Hall–Kier alpha value is -2.75. The van der Waals surface area contributed by atoms with E-state index in [1.807, 2.05) is 31.3 Å². The van der Waals surface area contributed by atoms with Gasteiger partial charge in [-0.05, 0) is 45.0 Å². The number of hydrogen-bond donors (Lipinski definition) is 1. The predicted molar refractivity (Wildman–Crippen MR) is 93.4 cm³/mol. The Morgan fingerprint density at radius 2 is 1.61 bits per heavy atom. The maximum Gasteiger partial charge on any atom is 0.184 e. The number of allylic oxidation sites excluding steroid dienone is 4. The molecule has 1 N–H and O–H groups in total. The van der Waals surface area contributed by atoms with Crippen LogP contribution in [0.2, 0.25) is 0 Å². The lowest BCUT2D eigenvalue weighted by Crippen LogP contribution is -2.14. The van der Waals surface area contributed by atoms with Gasteiger partial charge >= 0.3 is 0 Å². The normalized spacial score (nSPS) is 14.3. The zero-order chi connectivity index (χ0) is 17.0. The van der Waals surface area contributed by atoms with Gasteiger partial charge in [-0.1, -0.05) is 18.2 Å². The number of para-hydroxylation sites is 1. The first kappa shape index (κ1) is 16.6. The van der Waals surface area contributed by atoms with Gasteiger partial charge in [0.15, 0.2) is 11.6 Å². The number of aromatic nitrogens is 1. The van der Waals surface area contributed by atoms with Crippen molar-refractivity contribution in [3.8, 4) is 0 Å². The Balaban J connectivity index is 0.000000168. The number of carbonyl (C=O) groups is 2. The largest absolute Gasteiger partial charge is 0.373 e. The number of pyridine rings is 1. The highest BCUT2D eigenvalue weighted by atomic mass is 16.1. The molecule has 1 heterocycles. The van der Waals surface area contributed by atoms with Crippen molar-refractivity contribution < 1.29 is 9.59 Å². The highest BCUT2D eigenvalue weighted by Gasteiger charge is 2.19. The summed E-state index contributed by atoms with van der Waals surface area (Å²) in [6.07, 6.45) is 1.39. The van der Waals surface area contributed by atoms with Crippen LogP contribution >= 0.6 is 0 Å². The standard InChI is InChI=1S/C10H10N2.C9H10O2/c1-11-10-7-6-8-4-2-3-5-9(8)12-10;1-5-4-8(10)6(2)7(3)9(5)11/h2-7H,1H3,(H,11,12);4H,1-3H3. The third-order valence-electron chi connectivity index (χ3n) is 3.83. The fraction of sp³-hybridized carbons (Fsp3) is 0.211. The molecule has 0 spiro atoms. The molecule has 0 amide bonds. The van der Waals surface area contributed by atoms with E-state index in [2.05, 4.69) is 22.4 Å². The average Bonchev–Trinajstić information content (AvgIpc) is 2.58. The molecule has 0 bridgehead atoms. The van der Waals surface area contributed by atoms with Crippen LogP contribution in [-0.4, -0.2) is 23.6 Å². The fourth-order valence-corrected chi connectivity index (χ4v) is 2.23. The lowest BCUT2D eigenvalue weighted by atomic mass is 9.92. The smallest absolute Gasteiger partial charge is 0.184 e. The topological polar surface area (TPSA) is 59.1 Å². The zero-order valence-electron chi connectivity index (χ0n) is 13.8. The number of nitrogens with zero attached hydrogens (tertiary/aromatic N) is 1. The van der Waals surface area contributed by atoms with Crippen molar-refractivity contribution >= 4 is 28.3 Å². The minimum atomic E-state index is -0.0420. The second-order valence-corrected chi connectivity index (χ2v) is 5.41. The van der Waals surface area contributed by atoms with Crippen LogP contribution in [0, 0.1) is 0 Å². The van der Waals surface area contributed by atoms with Gasteiger partial charge < -0.3 is 5.32 Å². The SMILES string of the molecule is CC1=CC(=O)C(C)=C(C)C1=O.CNc1ccc2ccccc2n1. The molecule has 0 radical (unpaired) electrons. The zero-order valence-corrected chi connectivity index (χ0v) is 13.8. The number of nitrogens with one attached hydrogen (secondary N) is 1. The third-order valence-corrected chi connectivity index (χ3v) is 3.83. The minimum absolute atomic E-state index is 0.0119. The quantitative estimate of drug-likeness (QED) is 0.816. The molecule has 3 rings (SSSR count). The molecule has 0 unspecified atom stereocenters. The summed E-state index contributed by atoms with van der Waals surface area (Å²) in [6.45, 7) is 5.03. The first-order chi connectivity index (χ1) is 10.9. The van der Waals surface area contributed by atoms with E-state index in [-0.39, 0.29) is 11.6 Å². The summed E-state index contributed by atoms with van der Waals surface area (Å²) in [5, 5.41) is 4.19. The van der Waals surface area contributed by atoms with Gasteiger partial charge in [-0.25, -0.2) is 4.98 Å². The number of fused-ring (bicyclic) bond motifs is 1. The number of ketones is 2. The van der Waals surface area contributed by atoms with Crippen molar-refractivity contribution in [3.05, 3.63) is 59.2 Å². The molecule has 1 aromatic carbocycles. The summed E-state index contributed by atoms with van der Waals surface area (Å²) in [5.41, 5.74) is 2.72. The van der Waals surface area contributed by atoms with Gasteiger partial charge in [0.25, 0.3) is 0 Å². The Kier molecular flexibility index (Phi) is 5.06. The molecule has 0 fully saturated rings. The Labute approximate surface area is 135 Å². The molecule has 0 saturated heterocycles. The molecule has 23 heavy (non-hydrogen) atoms. The van der Waals surface area contributed by atoms with E-state index in [4.69, 9.17) is 0 Å². The van der Waals surface area contributed by atoms with Crippen LogP contribution in [0.3, 0.4) is 0 Å². The van der Waals surface area contributed by atoms with Gasteiger partial charge in [0.2, 0.25) is 0 Å². The maximum atomic E-state index is 11.2. The van der Waals surface area contributed by atoms with Crippen molar-refractivity contribution in [3.63, 3.8) is 0 Å². The van der Waals surface area contributed by atoms with E-state index in [0.29, 0.717) is 16.7 Å². The second kappa shape index (κ2) is 7.01. The summed E-state index contributed by atoms with van der Waals surface area (Å²) in [5.74, 6) is 0.857. The van der Waals surface area contributed by atoms with Gasteiger partial charge in [0, 0.05) is 29.2 Å². The van der Waals surface area contributed by atoms with Crippen LogP contribution in [0.5, 0.6) is 0 Å². The Morgan fingerprint density at radius 3 is 2.30 bits per heavy atom. The van der Waals surface area contributed by atoms with Crippen LogP contribution < -0.4 is 5.32 Å². The summed E-state index contributed by atoms with van der Waals surface area (Å²) >= 11 is 0. The van der Waals surface area contributed by atoms with Crippen LogP contribution in [0.15, 0.2) is 59.2 Å². The Bertz CT molecular complexity index is 832. The van der Waals surface area contributed by atoms with Gasteiger partial charge in [0.1, 0.15) is 5.82 Å². The summed E-state index contributed by atoms with van der Waals surface area (Å²) in [7, 11) is 1.87. The number of carbonyl (C=O) groups excluding carboxylic acids is 2. The van der Waals surface area contributed by atoms with Crippen molar-refractivity contribution in [1.29, 1.82) is 0 Å². The van der Waals surface area contributed by atoms with E-state index in [1.54, 1.807) is 20.8 Å². The molecule has 118 valence electrons. The number of anilines is 1. The second-order valence-electron chi connectivity index (χ2n) is 5.41. The monoisotopic (exact) mass is 308 g/mol. The first-order valence-electron chi connectivity index (χ1n) is 7.42. The van der Waals surface area contributed by atoms with Crippen molar-refractivity contribution in [1.82, 2.24) is 4.98 Å². The van der Waals surface area contributed by atoms with Crippen LogP contribution in [-0.2, 0) is 9.59 Å². The summed E-state index contributed by atoms with van der Waals surface area (Å²) in [6, 6.07) is 12.1. The molecule has 0 aliphatic heterocycles. The number of Topliss-reactive ketones (excluding diaryl/α,β-unsaturated/α-hetero) is 1. The summed E-state index contributed by atoms with van der Waals surface area (Å²) in [4.78, 5) is 26.7. The van der Waals surface area contributed by atoms with Crippen LogP contribution in [0.1, 0.15) is 20.8 Å². The van der Waals surface area contributed by atoms with E-state index in [0.717, 1.165) is 11.3 Å². The van der Waals surface area contributed by atoms with E-state index >= 15 is 0 Å². The molecule has 4 nitrogen and oxygen atoms in total. The van der Waals surface area contributed by atoms with Crippen LogP contribution in [0.25, 0.3) is 10.9 Å². The van der Waals surface area contributed by atoms with Crippen molar-refractivity contribution in [2.75, 3.05) is 12.4 Å². The Morgan fingerprint density at radius 1 is 0.913 bits per heavy atom. The molecule has 1 aromatic heterocycles. The fourth-order valence-electron chi connectivity index (χ4n) is 2.23. The highest BCUT2D eigenvalue weighted by molar-refractivity contribution is 6.21. The number of benzene rings is 1. The molecule has 0 saturated carbocycles. The van der Waals surface area contributed by atoms with Crippen molar-refractivity contribution in [2.45, 2.75) is 20.8 Å². The maximum absolute atomic E-state index is 11.2. The lowest BCUT2D eigenvalue weighted by molar-refractivity contribution is -0.115. The molecule has 4 heteroatoms. The predicted octanol–water partition coefficient (Wildman–Crippen LogP) is 3.70. The van der Waals surface area contributed by atoms with Crippen LogP contribution in [0.4, 0.5) is 5.82 Å². The van der Waals surface area contributed by atoms with E-state index < -0.39 is 0 Å². The van der Waals surface area contributed by atoms with E-state index in [1.165, 1.54) is 11.5 Å². The number of hydrogen-bond acceptors (Lipinski definition) is 4.